The summed E-state index contributed by atoms with van der Waals surface area (Å²) in [5.41, 5.74) is -0.494. The van der Waals surface area contributed by atoms with Crippen molar-refractivity contribution < 1.29 is 18.7 Å². The van der Waals surface area contributed by atoms with Crippen LogP contribution in [0.1, 0.15) is 31.5 Å². The lowest BCUT2D eigenvalue weighted by Gasteiger charge is -2.23. The number of aromatic nitrogens is 4. The van der Waals surface area contributed by atoms with Crippen molar-refractivity contribution in [3.05, 3.63) is 18.0 Å². The van der Waals surface area contributed by atoms with Crippen LogP contribution in [0.2, 0.25) is 0 Å². The number of fused-ring (bicyclic) bond motifs is 2. The summed E-state index contributed by atoms with van der Waals surface area (Å²) in [5, 5.41) is 20.9. The summed E-state index contributed by atoms with van der Waals surface area (Å²) in [6, 6.07) is 3.25. The molecule has 3 heterocycles. The standard InChI is InChI=1S/C14H15F2N5O2/c15-11(16)12-18-17-9-3-4-10(19-21(9)12)20-6-8-2-1-5-14(8,7-20)13(22)23/h3-4,8,11H,1-2,5-7H2,(H,22,23)/t8-,14+/m0/s1. The Balaban J connectivity index is 1.70. The van der Waals surface area contributed by atoms with Crippen LogP contribution in [0, 0.1) is 11.3 Å². The van der Waals surface area contributed by atoms with Gasteiger partial charge >= 0.3 is 5.97 Å². The van der Waals surface area contributed by atoms with Crippen LogP contribution < -0.4 is 4.90 Å². The van der Waals surface area contributed by atoms with Gasteiger partial charge in [0.25, 0.3) is 6.43 Å². The number of rotatable bonds is 3. The molecule has 2 aromatic rings. The van der Waals surface area contributed by atoms with E-state index in [0.717, 1.165) is 17.4 Å². The summed E-state index contributed by atoms with van der Waals surface area (Å²) in [4.78, 5) is 13.6. The van der Waals surface area contributed by atoms with E-state index < -0.39 is 23.6 Å². The van der Waals surface area contributed by atoms with Crippen LogP contribution in [0.15, 0.2) is 12.1 Å². The minimum Gasteiger partial charge on any atom is -0.481 e. The molecule has 0 bridgehead atoms. The Morgan fingerprint density at radius 1 is 1.39 bits per heavy atom. The van der Waals surface area contributed by atoms with Crippen molar-refractivity contribution in [2.75, 3.05) is 18.0 Å². The maximum absolute atomic E-state index is 12.9. The molecule has 0 unspecified atom stereocenters. The lowest BCUT2D eigenvalue weighted by atomic mass is 9.81. The Hall–Kier alpha value is -2.32. The topological polar surface area (TPSA) is 83.6 Å². The maximum atomic E-state index is 12.9. The van der Waals surface area contributed by atoms with Crippen LogP contribution in [0.3, 0.4) is 0 Å². The number of hydrogen-bond acceptors (Lipinski definition) is 5. The van der Waals surface area contributed by atoms with Gasteiger partial charge in [0.1, 0.15) is 5.82 Å². The predicted molar refractivity (Wildman–Crippen MR) is 75.4 cm³/mol. The fourth-order valence-corrected chi connectivity index (χ4v) is 3.91. The summed E-state index contributed by atoms with van der Waals surface area (Å²) in [7, 11) is 0. The van der Waals surface area contributed by atoms with Crippen LogP contribution in [0.4, 0.5) is 14.6 Å². The van der Waals surface area contributed by atoms with E-state index in [1.165, 1.54) is 0 Å². The zero-order valence-electron chi connectivity index (χ0n) is 12.2. The van der Waals surface area contributed by atoms with Gasteiger partial charge in [-0.1, -0.05) is 6.42 Å². The maximum Gasteiger partial charge on any atom is 0.311 e. The molecule has 23 heavy (non-hydrogen) atoms. The molecule has 7 nitrogen and oxygen atoms in total. The normalized spacial score (nSPS) is 27.1. The van der Waals surface area contributed by atoms with Crippen molar-refractivity contribution in [2.24, 2.45) is 11.3 Å². The molecular formula is C14H15F2N5O2. The van der Waals surface area contributed by atoms with Gasteiger partial charge in [0.15, 0.2) is 5.65 Å². The van der Waals surface area contributed by atoms with Crippen molar-refractivity contribution in [3.8, 4) is 0 Å². The summed E-state index contributed by atoms with van der Waals surface area (Å²) < 4.78 is 26.9. The highest BCUT2D eigenvalue weighted by Gasteiger charge is 2.55. The van der Waals surface area contributed by atoms with Gasteiger partial charge in [0.2, 0.25) is 5.82 Å². The fraction of sp³-hybridized carbons (Fsp3) is 0.571. The first-order valence-corrected chi connectivity index (χ1v) is 7.50. The van der Waals surface area contributed by atoms with Crippen molar-refractivity contribution in [2.45, 2.75) is 25.7 Å². The highest BCUT2D eigenvalue weighted by Crippen LogP contribution is 2.49. The number of aliphatic carboxylic acids is 1. The second-order valence-corrected chi connectivity index (χ2v) is 6.25. The lowest BCUT2D eigenvalue weighted by molar-refractivity contribution is -0.149. The van der Waals surface area contributed by atoms with Gasteiger partial charge in [-0.05, 0) is 30.9 Å². The van der Waals surface area contributed by atoms with Crippen LogP contribution in [-0.2, 0) is 4.79 Å². The molecule has 0 amide bonds. The number of nitrogens with zero attached hydrogens (tertiary/aromatic N) is 5. The van der Waals surface area contributed by atoms with E-state index in [4.69, 9.17) is 0 Å². The lowest BCUT2D eigenvalue weighted by Crippen LogP contribution is -2.35. The predicted octanol–water partition coefficient (Wildman–Crippen LogP) is 1.75. The van der Waals surface area contributed by atoms with Gasteiger partial charge < -0.3 is 10.0 Å². The molecule has 9 heteroatoms. The number of anilines is 1. The largest absolute Gasteiger partial charge is 0.481 e. The van der Waals surface area contributed by atoms with Gasteiger partial charge in [0.05, 0.1) is 5.41 Å². The molecule has 1 aliphatic heterocycles. The molecular weight excluding hydrogens is 308 g/mol. The molecule has 0 spiro atoms. The molecule has 122 valence electrons. The smallest absolute Gasteiger partial charge is 0.311 e. The molecule has 1 N–H and O–H groups in total. The fourth-order valence-electron chi connectivity index (χ4n) is 3.91. The quantitative estimate of drug-likeness (QED) is 0.926. The van der Waals surface area contributed by atoms with E-state index in [1.54, 1.807) is 12.1 Å². The highest BCUT2D eigenvalue weighted by atomic mass is 19.3. The minimum absolute atomic E-state index is 0.0768. The zero-order chi connectivity index (χ0) is 16.2. The van der Waals surface area contributed by atoms with E-state index in [1.807, 2.05) is 4.90 Å². The van der Waals surface area contributed by atoms with Crippen molar-refractivity contribution in [3.63, 3.8) is 0 Å². The van der Waals surface area contributed by atoms with Gasteiger partial charge in [-0.25, -0.2) is 8.78 Å². The van der Waals surface area contributed by atoms with Crippen LogP contribution in [0.25, 0.3) is 5.65 Å². The average Bonchev–Trinajstić information content (AvgIpc) is 3.18. The monoisotopic (exact) mass is 323 g/mol. The number of halogens is 2. The summed E-state index contributed by atoms with van der Waals surface area (Å²) in [6.07, 6.45) is -0.324. The molecule has 2 fully saturated rings. The first-order chi connectivity index (χ1) is 11.0. The summed E-state index contributed by atoms with van der Waals surface area (Å²) in [6.45, 7) is 0.939. The SMILES string of the molecule is O=C(O)[C@@]12CCC[C@H]1CN(c1ccc3nnc(C(F)F)n3n1)C2. The third-order valence-electron chi connectivity index (χ3n) is 5.09. The van der Waals surface area contributed by atoms with Crippen molar-refractivity contribution in [1.29, 1.82) is 0 Å². The Kier molecular flexibility index (Phi) is 3.00. The number of carboxylic acids is 1. The van der Waals surface area contributed by atoms with Crippen LogP contribution in [-0.4, -0.2) is 44.0 Å². The third kappa shape index (κ3) is 1.98. The van der Waals surface area contributed by atoms with Gasteiger partial charge in [-0.15, -0.1) is 15.3 Å². The van der Waals surface area contributed by atoms with Gasteiger partial charge in [0, 0.05) is 13.1 Å². The number of carbonyl (C=O) groups is 1. The number of carboxylic acid groups (broad SMARTS) is 1. The van der Waals surface area contributed by atoms with E-state index in [9.17, 15) is 18.7 Å². The third-order valence-corrected chi connectivity index (χ3v) is 5.09. The Morgan fingerprint density at radius 2 is 2.22 bits per heavy atom. The van der Waals surface area contributed by atoms with Gasteiger partial charge in [-0.2, -0.15) is 4.52 Å². The molecule has 0 radical (unpaired) electrons. The molecule has 2 aromatic heterocycles. The summed E-state index contributed by atoms with van der Waals surface area (Å²) >= 11 is 0. The molecule has 1 aliphatic carbocycles. The van der Waals surface area contributed by atoms with Crippen molar-refractivity contribution >= 4 is 17.4 Å². The van der Waals surface area contributed by atoms with Crippen molar-refractivity contribution in [1.82, 2.24) is 19.8 Å². The highest BCUT2D eigenvalue weighted by molar-refractivity contribution is 5.77. The molecule has 0 aromatic carbocycles. The second-order valence-electron chi connectivity index (χ2n) is 6.25. The van der Waals surface area contributed by atoms with Gasteiger partial charge in [-0.3, -0.25) is 4.79 Å². The Bertz CT molecular complexity index is 780. The van der Waals surface area contributed by atoms with E-state index in [-0.39, 0.29) is 11.6 Å². The molecule has 4 rings (SSSR count). The minimum atomic E-state index is -2.77. The number of hydrogen-bond donors (Lipinski definition) is 1. The molecule has 2 aliphatic rings. The number of alkyl halides is 2. The first-order valence-electron chi connectivity index (χ1n) is 7.50. The first kappa shape index (κ1) is 14.3. The molecule has 1 saturated heterocycles. The van der Waals surface area contributed by atoms with E-state index >= 15 is 0 Å². The zero-order valence-corrected chi connectivity index (χ0v) is 12.2. The Labute approximate surface area is 129 Å². The van der Waals surface area contributed by atoms with E-state index in [0.29, 0.717) is 25.3 Å². The second kappa shape index (κ2) is 4.84. The average molecular weight is 323 g/mol. The Morgan fingerprint density at radius 3 is 2.91 bits per heavy atom. The van der Waals surface area contributed by atoms with E-state index in [2.05, 4.69) is 15.3 Å². The van der Waals surface area contributed by atoms with Crippen LogP contribution in [0.5, 0.6) is 0 Å². The molecule has 1 saturated carbocycles. The van der Waals surface area contributed by atoms with Crippen LogP contribution >= 0.6 is 0 Å². The summed E-state index contributed by atoms with van der Waals surface area (Å²) in [5.74, 6) is -0.725. The molecule has 2 atom stereocenters.